The zero-order valence-electron chi connectivity index (χ0n) is 17.3. The Morgan fingerprint density at radius 1 is 1.21 bits per heavy atom. The molecule has 6 heteroatoms. The van der Waals surface area contributed by atoms with Crippen molar-refractivity contribution in [3.05, 3.63) is 53.9 Å². The van der Waals surface area contributed by atoms with Crippen LogP contribution in [0.15, 0.2) is 31.2 Å². The van der Waals surface area contributed by atoms with Gasteiger partial charge in [0.2, 0.25) is 0 Å². The van der Waals surface area contributed by atoms with Crippen molar-refractivity contribution in [1.29, 1.82) is 0 Å². The van der Waals surface area contributed by atoms with Crippen molar-refractivity contribution >= 4 is 16.8 Å². The molecular formula is C23H29N5O. The Kier molecular flexibility index (Phi) is 4.46. The van der Waals surface area contributed by atoms with Gasteiger partial charge < -0.3 is 14.2 Å². The maximum atomic E-state index is 10.1. The Labute approximate surface area is 171 Å². The number of hydrogen-bond acceptors (Lipinski definition) is 4. The van der Waals surface area contributed by atoms with Crippen molar-refractivity contribution in [2.45, 2.75) is 46.3 Å². The number of benzene rings is 1. The lowest BCUT2D eigenvalue weighted by atomic mass is 10.1. The third-order valence-electron chi connectivity index (χ3n) is 6.60. The summed E-state index contributed by atoms with van der Waals surface area (Å²) < 4.78 is 4.49. The van der Waals surface area contributed by atoms with E-state index in [1.807, 2.05) is 24.7 Å². The van der Waals surface area contributed by atoms with E-state index in [0.29, 0.717) is 0 Å². The molecule has 2 aliphatic rings. The van der Waals surface area contributed by atoms with Gasteiger partial charge in [0.1, 0.15) is 11.6 Å². The summed E-state index contributed by atoms with van der Waals surface area (Å²) in [5.41, 5.74) is 5.20. The highest BCUT2D eigenvalue weighted by atomic mass is 16.3. The molecule has 1 aliphatic carbocycles. The molecule has 0 bridgehead atoms. The monoisotopic (exact) mass is 391 g/mol. The lowest BCUT2D eigenvalue weighted by molar-refractivity contribution is 0.286. The van der Waals surface area contributed by atoms with Crippen molar-refractivity contribution in [1.82, 2.24) is 24.0 Å². The molecule has 29 heavy (non-hydrogen) atoms. The summed E-state index contributed by atoms with van der Waals surface area (Å²) in [5.74, 6) is 3.02. The van der Waals surface area contributed by atoms with Crippen LogP contribution in [-0.2, 0) is 26.1 Å². The van der Waals surface area contributed by atoms with E-state index >= 15 is 0 Å². The molecule has 1 saturated carbocycles. The van der Waals surface area contributed by atoms with E-state index in [1.54, 1.807) is 0 Å². The van der Waals surface area contributed by atoms with Crippen LogP contribution in [0.5, 0.6) is 0 Å². The molecule has 3 heterocycles. The molecule has 1 aromatic carbocycles. The molecule has 0 spiro atoms. The van der Waals surface area contributed by atoms with Gasteiger partial charge in [-0.1, -0.05) is 13.5 Å². The van der Waals surface area contributed by atoms with Gasteiger partial charge in [-0.2, -0.15) is 0 Å². The summed E-state index contributed by atoms with van der Waals surface area (Å²) in [4.78, 5) is 12.0. The largest absolute Gasteiger partial charge is 0.508 e. The first kappa shape index (κ1) is 18.4. The van der Waals surface area contributed by atoms with Crippen molar-refractivity contribution in [2.75, 3.05) is 13.1 Å². The second-order valence-electron chi connectivity index (χ2n) is 8.54. The van der Waals surface area contributed by atoms with Crippen LogP contribution in [-0.4, -0.2) is 42.2 Å². The summed E-state index contributed by atoms with van der Waals surface area (Å²) in [6, 6.07) is 4.05. The quantitative estimate of drug-likeness (QED) is 0.622. The lowest BCUT2D eigenvalue weighted by Gasteiger charge is -2.18. The minimum Gasteiger partial charge on any atom is -0.508 e. The molecule has 2 fully saturated rings. The lowest BCUT2D eigenvalue weighted by Crippen LogP contribution is -2.24. The Morgan fingerprint density at radius 3 is 2.69 bits per heavy atom. The molecule has 6 nitrogen and oxygen atoms in total. The summed E-state index contributed by atoms with van der Waals surface area (Å²) in [5, 5.41) is 10.1. The number of aliphatic hydroxyl groups excluding tert-OH is 1. The van der Waals surface area contributed by atoms with Gasteiger partial charge in [0, 0.05) is 31.4 Å². The van der Waals surface area contributed by atoms with Gasteiger partial charge in [0.15, 0.2) is 0 Å². The van der Waals surface area contributed by atoms with Crippen LogP contribution in [0.1, 0.15) is 42.9 Å². The summed E-state index contributed by atoms with van der Waals surface area (Å²) in [6.45, 7) is 12.9. The van der Waals surface area contributed by atoms with Crippen LogP contribution in [0, 0.1) is 11.8 Å². The van der Waals surface area contributed by atoms with Crippen LogP contribution in [0.2, 0.25) is 0 Å². The smallest absolute Gasteiger partial charge is 0.124 e. The molecule has 152 valence electrons. The average Bonchev–Trinajstić information content (AvgIpc) is 3.06. The molecule has 0 amide bonds. The molecule has 2 aromatic heterocycles. The number of nitrogens with zero attached hydrogens (tertiary/aromatic N) is 5. The molecule has 5 rings (SSSR count). The van der Waals surface area contributed by atoms with Crippen LogP contribution in [0.4, 0.5) is 0 Å². The standard InChI is InChI=1S/C23H29N5O/c1-4-16-6-17(15(3)29)8-21-23(16)25-22(13-26-10-18-7-19(18)11-26)28(21)12-20-9-24-14-27(20)5-2/h6,8-9,14,18-19,29H,3-5,7,10-13H2,1-2H3. The molecule has 2 atom stereocenters. The zero-order chi connectivity index (χ0) is 20.1. The predicted octanol–water partition coefficient (Wildman–Crippen LogP) is 3.84. The number of hydrogen-bond donors (Lipinski definition) is 1. The highest BCUT2D eigenvalue weighted by molar-refractivity contribution is 5.83. The maximum absolute atomic E-state index is 10.1. The third kappa shape index (κ3) is 3.25. The number of aliphatic hydroxyl groups is 1. The van der Waals surface area contributed by atoms with Crippen molar-refractivity contribution in [3.63, 3.8) is 0 Å². The minimum absolute atomic E-state index is 0.106. The van der Waals surface area contributed by atoms with Gasteiger partial charge in [-0.15, -0.1) is 0 Å². The number of imidazole rings is 2. The van der Waals surface area contributed by atoms with Crippen molar-refractivity contribution in [3.8, 4) is 0 Å². The Morgan fingerprint density at radius 2 is 2.00 bits per heavy atom. The van der Waals surface area contributed by atoms with Crippen LogP contribution in [0.3, 0.4) is 0 Å². The van der Waals surface area contributed by atoms with Gasteiger partial charge in [-0.05, 0) is 49.3 Å². The normalized spacial score (nSPS) is 21.0. The van der Waals surface area contributed by atoms with Gasteiger partial charge in [-0.3, -0.25) is 4.90 Å². The number of aryl methyl sites for hydroxylation is 2. The highest BCUT2D eigenvalue weighted by Gasteiger charge is 2.45. The number of aromatic nitrogens is 4. The molecule has 2 unspecified atom stereocenters. The van der Waals surface area contributed by atoms with E-state index in [4.69, 9.17) is 4.98 Å². The first-order valence-corrected chi connectivity index (χ1v) is 10.7. The first-order chi connectivity index (χ1) is 14.1. The Hall–Kier alpha value is -2.60. The van der Waals surface area contributed by atoms with Gasteiger partial charge in [0.05, 0.1) is 36.1 Å². The summed E-state index contributed by atoms with van der Waals surface area (Å²) in [6.07, 6.45) is 6.11. The molecular weight excluding hydrogens is 362 g/mol. The van der Waals surface area contributed by atoms with Crippen LogP contribution in [0.25, 0.3) is 16.8 Å². The van der Waals surface area contributed by atoms with Gasteiger partial charge in [0.25, 0.3) is 0 Å². The second-order valence-corrected chi connectivity index (χ2v) is 8.54. The Balaban J connectivity index is 1.61. The molecule has 1 saturated heterocycles. The van der Waals surface area contributed by atoms with E-state index in [-0.39, 0.29) is 5.76 Å². The maximum Gasteiger partial charge on any atom is 0.124 e. The van der Waals surface area contributed by atoms with Crippen LogP contribution >= 0.6 is 0 Å². The fraction of sp³-hybridized carbons (Fsp3) is 0.478. The molecule has 1 N–H and O–H groups in total. The highest BCUT2D eigenvalue weighted by Crippen LogP contribution is 2.45. The fourth-order valence-electron chi connectivity index (χ4n) is 4.83. The topological polar surface area (TPSA) is 59.1 Å². The van der Waals surface area contributed by atoms with Gasteiger partial charge >= 0.3 is 0 Å². The van der Waals surface area contributed by atoms with E-state index in [9.17, 15) is 5.11 Å². The summed E-state index contributed by atoms with van der Waals surface area (Å²) in [7, 11) is 0. The first-order valence-electron chi connectivity index (χ1n) is 10.7. The zero-order valence-corrected chi connectivity index (χ0v) is 17.3. The molecule has 3 aromatic rings. The number of fused-ring (bicyclic) bond motifs is 2. The fourth-order valence-corrected chi connectivity index (χ4v) is 4.83. The number of likely N-dealkylation sites (tertiary alicyclic amines) is 1. The predicted molar refractivity (Wildman–Crippen MR) is 115 cm³/mol. The van der Waals surface area contributed by atoms with E-state index < -0.39 is 0 Å². The number of rotatable bonds is 7. The third-order valence-corrected chi connectivity index (χ3v) is 6.60. The van der Waals surface area contributed by atoms with Crippen molar-refractivity contribution in [2.24, 2.45) is 11.8 Å². The second kappa shape index (κ2) is 7.02. The minimum atomic E-state index is 0.106. The average molecular weight is 392 g/mol. The van der Waals surface area contributed by atoms with Crippen molar-refractivity contribution < 1.29 is 5.11 Å². The molecule has 1 aliphatic heterocycles. The number of piperidine rings is 1. The van der Waals surface area contributed by atoms with Crippen LogP contribution < -0.4 is 0 Å². The van der Waals surface area contributed by atoms with Gasteiger partial charge in [-0.25, -0.2) is 9.97 Å². The Bertz CT molecular complexity index is 1070. The van der Waals surface area contributed by atoms with E-state index in [2.05, 4.69) is 39.4 Å². The SMILES string of the molecule is C=C(O)c1cc(CC)c2nc(CN3CC4CC4C3)n(Cc3cncn3CC)c2c1. The van der Waals surface area contributed by atoms with E-state index in [0.717, 1.165) is 65.9 Å². The van der Waals surface area contributed by atoms with E-state index in [1.165, 1.54) is 25.2 Å². The summed E-state index contributed by atoms with van der Waals surface area (Å²) >= 11 is 0. The molecule has 0 radical (unpaired) electrons.